The lowest BCUT2D eigenvalue weighted by Gasteiger charge is -2.31. The lowest BCUT2D eigenvalue weighted by molar-refractivity contribution is -0.138. The molecule has 3 rings (SSSR count). The number of guanidine groups is 1. The Morgan fingerprint density at radius 3 is 2.31 bits per heavy atom. The second kappa shape index (κ2) is 11.7. The predicted octanol–water partition coefficient (Wildman–Crippen LogP) is 3.72. The molecule has 2 N–H and O–H groups in total. The van der Waals surface area contributed by atoms with E-state index in [0.29, 0.717) is 32.3 Å². The van der Waals surface area contributed by atoms with E-state index in [0.717, 1.165) is 36.8 Å². The molecule has 1 fully saturated rings. The van der Waals surface area contributed by atoms with Crippen molar-refractivity contribution in [3.05, 3.63) is 71.3 Å². The zero-order chi connectivity index (χ0) is 22.8. The summed E-state index contributed by atoms with van der Waals surface area (Å²) in [5.41, 5.74) is 3.16. The van der Waals surface area contributed by atoms with Crippen molar-refractivity contribution in [2.45, 2.75) is 45.4 Å². The van der Waals surface area contributed by atoms with Gasteiger partial charge in [-0.1, -0.05) is 67.4 Å². The first-order chi connectivity index (χ1) is 15.5. The summed E-state index contributed by atoms with van der Waals surface area (Å²) in [7, 11) is 5.44. The highest BCUT2D eigenvalue weighted by Gasteiger charge is 2.42. The summed E-state index contributed by atoms with van der Waals surface area (Å²) in [6.07, 6.45) is 4.07. The van der Waals surface area contributed by atoms with Crippen LogP contribution in [0.3, 0.4) is 0 Å². The summed E-state index contributed by atoms with van der Waals surface area (Å²) >= 11 is 0. The molecular weight excluding hydrogens is 400 g/mol. The van der Waals surface area contributed by atoms with Crippen LogP contribution in [0.4, 0.5) is 0 Å². The lowest BCUT2D eigenvalue weighted by Crippen LogP contribution is -2.49. The molecule has 6 nitrogen and oxygen atoms in total. The zero-order valence-electron chi connectivity index (χ0n) is 19.6. The molecule has 0 heterocycles. The third-order valence-corrected chi connectivity index (χ3v) is 6.07. The van der Waals surface area contributed by atoms with Crippen molar-refractivity contribution in [2.24, 2.45) is 10.4 Å². The van der Waals surface area contributed by atoms with E-state index in [-0.39, 0.29) is 11.3 Å². The van der Waals surface area contributed by atoms with Gasteiger partial charge in [0.2, 0.25) is 5.91 Å². The third kappa shape index (κ3) is 6.57. The fourth-order valence-electron chi connectivity index (χ4n) is 4.34. The van der Waals surface area contributed by atoms with Crippen LogP contribution in [0, 0.1) is 5.41 Å². The van der Waals surface area contributed by atoms with E-state index < -0.39 is 0 Å². The van der Waals surface area contributed by atoms with Crippen molar-refractivity contribution < 1.29 is 9.53 Å². The fourth-order valence-corrected chi connectivity index (χ4v) is 4.34. The first kappa shape index (κ1) is 23.8. The molecule has 32 heavy (non-hydrogen) atoms. The van der Waals surface area contributed by atoms with E-state index in [1.165, 1.54) is 5.56 Å². The quantitative estimate of drug-likeness (QED) is 0.465. The average molecular weight is 437 g/mol. The molecule has 2 aromatic carbocycles. The molecule has 0 saturated heterocycles. The van der Waals surface area contributed by atoms with Crippen molar-refractivity contribution >= 4 is 11.9 Å². The van der Waals surface area contributed by atoms with Crippen LogP contribution in [0.1, 0.15) is 42.4 Å². The maximum atomic E-state index is 12.8. The van der Waals surface area contributed by atoms with Gasteiger partial charge in [0.1, 0.15) is 0 Å². The number of hydrogen-bond acceptors (Lipinski definition) is 3. The lowest BCUT2D eigenvalue weighted by atomic mass is 9.84. The van der Waals surface area contributed by atoms with Gasteiger partial charge in [-0.2, -0.15) is 0 Å². The number of amides is 1. The number of nitrogens with zero attached hydrogens (tertiary/aromatic N) is 2. The van der Waals surface area contributed by atoms with Crippen LogP contribution in [-0.4, -0.2) is 44.5 Å². The van der Waals surface area contributed by atoms with E-state index in [1.807, 2.05) is 32.3 Å². The molecule has 1 amide bonds. The molecule has 1 saturated carbocycles. The fraction of sp³-hybridized carbons (Fsp3) is 0.462. The SMILES string of the molecule is CN=C(NCc1cccc(COCc2ccccc2)c1)NCC1(C(=O)N(C)C)CCCC1. The Morgan fingerprint density at radius 2 is 1.62 bits per heavy atom. The Labute approximate surface area is 192 Å². The molecule has 6 heteroatoms. The van der Waals surface area contributed by atoms with Gasteiger partial charge in [-0.3, -0.25) is 9.79 Å². The largest absolute Gasteiger partial charge is 0.372 e. The number of rotatable bonds is 9. The van der Waals surface area contributed by atoms with Gasteiger partial charge in [0.25, 0.3) is 0 Å². The van der Waals surface area contributed by atoms with E-state index in [4.69, 9.17) is 4.74 Å². The van der Waals surface area contributed by atoms with Crippen LogP contribution < -0.4 is 10.6 Å². The molecule has 172 valence electrons. The van der Waals surface area contributed by atoms with Crippen molar-refractivity contribution in [3.63, 3.8) is 0 Å². The minimum atomic E-state index is -0.322. The number of nitrogens with one attached hydrogen (secondary N) is 2. The van der Waals surface area contributed by atoms with Crippen LogP contribution >= 0.6 is 0 Å². The molecule has 2 aromatic rings. The maximum Gasteiger partial charge on any atom is 0.230 e. The van der Waals surface area contributed by atoms with Crippen LogP contribution in [0.15, 0.2) is 59.6 Å². The molecule has 0 atom stereocenters. The number of ether oxygens (including phenoxy) is 1. The Hall–Kier alpha value is -2.86. The summed E-state index contributed by atoms with van der Waals surface area (Å²) in [6.45, 7) is 2.44. The van der Waals surface area contributed by atoms with Crippen molar-refractivity contribution in [1.82, 2.24) is 15.5 Å². The van der Waals surface area contributed by atoms with Gasteiger partial charge in [-0.05, 0) is 29.5 Å². The normalized spacial score (nSPS) is 15.4. The van der Waals surface area contributed by atoms with Gasteiger partial charge in [0.05, 0.1) is 18.6 Å². The Morgan fingerprint density at radius 1 is 0.969 bits per heavy atom. The van der Waals surface area contributed by atoms with Gasteiger partial charge in [0, 0.05) is 34.2 Å². The minimum Gasteiger partial charge on any atom is -0.372 e. The van der Waals surface area contributed by atoms with Crippen LogP contribution in [0.2, 0.25) is 0 Å². The van der Waals surface area contributed by atoms with Gasteiger partial charge >= 0.3 is 0 Å². The van der Waals surface area contributed by atoms with E-state index >= 15 is 0 Å². The smallest absolute Gasteiger partial charge is 0.230 e. The first-order valence-electron chi connectivity index (χ1n) is 11.4. The van der Waals surface area contributed by atoms with Crippen LogP contribution in [0.5, 0.6) is 0 Å². The molecule has 0 unspecified atom stereocenters. The molecule has 0 aliphatic heterocycles. The zero-order valence-corrected chi connectivity index (χ0v) is 19.6. The highest BCUT2D eigenvalue weighted by molar-refractivity contribution is 5.85. The molecule has 0 bridgehead atoms. The minimum absolute atomic E-state index is 0.209. The molecule has 0 aromatic heterocycles. The second-order valence-electron chi connectivity index (χ2n) is 8.76. The van der Waals surface area contributed by atoms with E-state index in [1.54, 1.807) is 11.9 Å². The number of aliphatic imine (C=N–C) groups is 1. The molecule has 1 aliphatic rings. The van der Waals surface area contributed by atoms with Gasteiger partial charge in [0.15, 0.2) is 5.96 Å². The Kier molecular flexibility index (Phi) is 8.68. The van der Waals surface area contributed by atoms with Gasteiger partial charge < -0.3 is 20.3 Å². The van der Waals surface area contributed by atoms with Crippen molar-refractivity contribution in [2.75, 3.05) is 27.7 Å². The number of carbonyl (C=O) groups excluding carboxylic acids is 1. The first-order valence-corrected chi connectivity index (χ1v) is 11.4. The Bertz CT molecular complexity index is 890. The van der Waals surface area contributed by atoms with E-state index in [9.17, 15) is 4.79 Å². The van der Waals surface area contributed by atoms with Crippen LogP contribution in [0.25, 0.3) is 0 Å². The van der Waals surface area contributed by atoms with Crippen molar-refractivity contribution in [1.29, 1.82) is 0 Å². The maximum absolute atomic E-state index is 12.8. The second-order valence-corrected chi connectivity index (χ2v) is 8.76. The summed E-state index contributed by atoms with van der Waals surface area (Å²) < 4.78 is 5.86. The van der Waals surface area contributed by atoms with E-state index in [2.05, 4.69) is 52.0 Å². The van der Waals surface area contributed by atoms with Crippen LogP contribution in [-0.2, 0) is 29.3 Å². The molecular formula is C26H36N4O2. The number of hydrogen-bond donors (Lipinski definition) is 2. The number of benzene rings is 2. The molecule has 1 aliphatic carbocycles. The number of carbonyl (C=O) groups is 1. The van der Waals surface area contributed by atoms with Crippen molar-refractivity contribution in [3.8, 4) is 0 Å². The third-order valence-electron chi connectivity index (χ3n) is 6.07. The summed E-state index contributed by atoms with van der Waals surface area (Å²) in [6, 6.07) is 18.6. The van der Waals surface area contributed by atoms with Gasteiger partial charge in [-0.25, -0.2) is 0 Å². The highest BCUT2D eigenvalue weighted by atomic mass is 16.5. The highest BCUT2D eigenvalue weighted by Crippen LogP contribution is 2.38. The predicted molar refractivity (Wildman–Crippen MR) is 129 cm³/mol. The summed E-state index contributed by atoms with van der Waals surface area (Å²) in [5, 5.41) is 6.77. The Balaban J connectivity index is 1.49. The standard InChI is InChI=1S/C26H36N4O2/c1-27-25(29-20-26(14-7-8-15-26)24(31)30(2)3)28-17-22-12-9-13-23(16-22)19-32-18-21-10-5-4-6-11-21/h4-6,9-13,16H,7-8,14-15,17-20H2,1-3H3,(H2,27,28,29). The monoisotopic (exact) mass is 436 g/mol. The van der Waals surface area contributed by atoms with Gasteiger partial charge in [-0.15, -0.1) is 0 Å². The molecule has 0 spiro atoms. The average Bonchev–Trinajstić information content (AvgIpc) is 3.30. The molecule has 0 radical (unpaired) electrons. The topological polar surface area (TPSA) is 66.0 Å². The summed E-state index contributed by atoms with van der Waals surface area (Å²) in [5.74, 6) is 0.926. The summed E-state index contributed by atoms with van der Waals surface area (Å²) in [4.78, 5) is 18.8.